The van der Waals surface area contributed by atoms with Gasteiger partial charge in [-0.25, -0.2) is 4.98 Å². The van der Waals surface area contributed by atoms with Crippen molar-refractivity contribution in [1.82, 2.24) is 10.3 Å². The number of aliphatic hydroxyl groups is 2. The van der Waals surface area contributed by atoms with Crippen LogP contribution >= 0.6 is 23.2 Å². The van der Waals surface area contributed by atoms with E-state index in [4.69, 9.17) is 23.2 Å². The van der Waals surface area contributed by atoms with Crippen LogP contribution in [0, 0.1) is 0 Å². The van der Waals surface area contributed by atoms with Crippen LogP contribution in [0.1, 0.15) is 11.7 Å². The van der Waals surface area contributed by atoms with Gasteiger partial charge in [-0.2, -0.15) is 0 Å². The van der Waals surface area contributed by atoms with Crippen LogP contribution in [0.5, 0.6) is 0 Å². The predicted molar refractivity (Wildman–Crippen MR) is 59.2 cm³/mol. The number of likely N-dealkylation sites (N-methyl/N-ethyl adjacent to an activating group) is 1. The first kappa shape index (κ1) is 12.7. The van der Waals surface area contributed by atoms with Gasteiger partial charge in [0.25, 0.3) is 0 Å². The van der Waals surface area contributed by atoms with Gasteiger partial charge in [0.1, 0.15) is 11.3 Å². The molecule has 0 aliphatic rings. The van der Waals surface area contributed by atoms with Crippen LogP contribution in [0.15, 0.2) is 12.3 Å². The van der Waals surface area contributed by atoms with E-state index in [9.17, 15) is 10.2 Å². The van der Waals surface area contributed by atoms with E-state index in [1.54, 1.807) is 7.05 Å². The summed E-state index contributed by atoms with van der Waals surface area (Å²) in [5.74, 6) is 0. The lowest BCUT2D eigenvalue weighted by molar-refractivity contribution is 0.0200. The Hall–Kier alpha value is -0.390. The molecule has 1 aromatic rings. The van der Waals surface area contributed by atoms with E-state index in [0.29, 0.717) is 5.56 Å². The highest BCUT2D eigenvalue weighted by molar-refractivity contribution is 6.41. The number of hydrogen-bond donors (Lipinski definition) is 3. The highest BCUT2D eigenvalue weighted by Gasteiger charge is 2.18. The summed E-state index contributed by atoms with van der Waals surface area (Å²) in [6.07, 6.45) is -0.550. The second-order valence-corrected chi connectivity index (χ2v) is 3.88. The summed E-state index contributed by atoms with van der Waals surface area (Å²) in [5.41, 5.74) is 0.437. The average molecular weight is 251 g/mol. The summed E-state index contributed by atoms with van der Waals surface area (Å²) < 4.78 is 0. The number of nitrogens with one attached hydrogen (secondary N) is 1. The molecule has 0 aliphatic heterocycles. The van der Waals surface area contributed by atoms with Crippen LogP contribution < -0.4 is 5.32 Å². The zero-order chi connectivity index (χ0) is 11.4. The maximum atomic E-state index is 9.70. The Bertz CT molecular complexity index is 336. The van der Waals surface area contributed by atoms with Crippen molar-refractivity contribution in [3.8, 4) is 0 Å². The monoisotopic (exact) mass is 250 g/mol. The van der Waals surface area contributed by atoms with Crippen molar-refractivity contribution in [3.63, 3.8) is 0 Å². The molecule has 6 heteroatoms. The van der Waals surface area contributed by atoms with Crippen molar-refractivity contribution in [2.45, 2.75) is 12.2 Å². The minimum atomic E-state index is -1.03. The van der Waals surface area contributed by atoms with Gasteiger partial charge in [-0.1, -0.05) is 23.2 Å². The highest BCUT2D eigenvalue weighted by atomic mass is 35.5. The largest absolute Gasteiger partial charge is 0.389 e. The third-order valence-corrected chi connectivity index (χ3v) is 2.62. The number of nitrogens with zero attached hydrogens (tertiary/aromatic N) is 1. The molecule has 3 N–H and O–H groups in total. The molecule has 0 aromatic carbocycles. The molecule has 0 fully saturated rings. The number of rotatable bonds is 4. The summed E-state index contributed by atoms with van der Waals surface area (Å²) in [6.45, 7) is 0.279. The van der Waals surface area contributed by atoms with Gasteiger partial charge in [0, 0.05) is 18.3 Å². The Balaban J connectivity index is 2.81. The Kier molecular flexibility index (Phi) is 4.76. The molecule has 2 unspecified atom stereocenters. The van der Waals surface area contributed by atoms with Gasteiger partial charge in [-0.3, -0.25) is 0 Å². The average Bonchev–Trinajstić information content (AvgIpc) is 2.21. The van der Waals surface area contributed by atoms with Gasteiger partial charge in [0.15, 0.2) is 0 Å². The van der Waals surface area contributed by atoms with Crippen molar-refractivity contribution < 1.29 is 10.2 Å². The van der Waals surface area contributed by atoms with Gasteiger partial charge in [0.2, 0.25) is 0 Å². The smallest absolute Gasteiger partial charge is 0.147 e. The molecule has 0 aliphatic carbocycles. The van der Waals surface area contributed by atoms with E-state index in [1.165, 1.54) is 12.3 Å². The quantitative estimate of drug-likeness (QED) is 0.698. The molecule has 4 nitrogen and oxygen atoms in total. The first-order valence-corrected chi connectivity index (χ1v) is 5.13. The fourth-order valence-electron chi connectivity index (χ4n) is 1.14. The summed E-state index contributed by atoms with van der Waals surface area (Å²) in [6, 6.07) is 1.49. The number of aliphatic hydroxyl groups excluding tert-OH is 2. The Morgan fingerprint density at radius 3 is 2.67 bits per heavy atom. The lowest BCUT2D eigenvalue weighted by atomic mass is 10.1. The highest BCUT2D eigenvalue weighted by Crippen LogP contribution is 2.24. The molecule has 0 bridgehead atoms. The molecule has 1 rings (SSSR count). The lowest BCUT2D eigenvalue weighted by Crippen LogP contribution is -2.29. The standard InChI is InChI=1S/C9H12Cl2N2O2/c1-12-4-7(14)8(15)5-2-6(10)9(11)13-3-5/h2-3,7-8,12,14-15H,4H2,1H3. The zero-order valence-corrected chi connectivity index (χ0v) is 9.63. The summed E-state index contributed by atoms with van der Waals surface area (Å²) in [4.78, 5) is 3.78. The van der Waals surface area contributed by atoms with E-state index in [2.05, 4.69) is 10.3 Å². The van der Waals surface area contributed by atoms with E-state index in [-0.39, 0.29) is 16.7 Å². The van der Waals surface area contributed by atoms with Crippen molar-refractivity contribution in [2.75, 3.05) is 13.6 Å². The zero-order valence-electron chi connectivity index (χ0n) is 8.11. The van der Waals surface area contributed by atoms with Crippen molar-refractivity contribution >= 4 is 23.2 Å². The third kappa shape index (κ3) is 3.29. The van der Waals surface area contributed by atoms with Crippen LogP contribution in [-0.2, 0) is 0 Å². The molecule has 1 heterocycles. The van der Waals surface area contributed by atoms with E-state index in [0.717, 1.165) is 0 Å². The molecular formula is C9H12Cl2N2O2. The SMILES string of the molecule is CNCC(O)C(O)c1cnc(Cl)c(Cl)c1. The van der Waals surface area contributed by atoms with Gasteiger partial charge in [-0.05, 0) is 13.1 Å². The Labute approximate surface area is 97.9 Å². The molecular weight excluding hydrogens is 239 g/mol. The maximum absolute atomic E-state index is 9.70. The minimum absolute atomic E-state index is 0.177. The summed E-state index contributed by atoms with van der Waals surface area (Å²) in [5, 5.41) is 22.4. The van der Waals surface area contributed by atoms with Crippen molar-refractivity contribution in [1.29, 1.82) is 0 Å². The molecule has 0 radical (unpaired) electrons. The van der Waals surface area contributed by atoms with Crippen LogP contribution in [0.2, 0.25) is 10.2 Å². The fraction of sp³-hybridized carbons (Fsp3) is 0.444. The minimum Gasteiger partial charge on any atom is -0.389 e. The topological polar surface area (TPSA) is 65.4 Å². The van der Waals surface area contributed by atoms with Crippen LogP contribution in [0.3, 0.4) is 0 Å². The van der Waals surface area contributed by atoms with E-state index in [1.807, 2.05) is 0 Å². The molecule has 84 valence electrons. The molecule has 15 heavy (non-hydrogen) atoms. The number of pyridine rings is 1. The molecule has 0 saturated carbocycles. The number of hydrogen-bond acceptors (Lipinski definition) is 4. The molecule has 2 atom stereocenters. The molecule has 0 spiro atoms. The van der Waals surface area contributed by atoms with Crippen LogP contribution in [0.4, 0.5) is 0 Å². The molecule has 1 aromatic heterocycles. The maximum Gasteiger partial charge on any atom is 0.147 e. The Morgan fingerprint density at radius 2 is 2.13 bits per heavy atom. The predicted octanol–water partition coefficient (Wildman–Crippen LogP) is 1.00. The van der Waals surface area contributed by atoms with Gasteiger partial charge < -0.3 is 15.5 Å². The van der Waals surface area contributed by atoms with E-state index < -0.39 is 12.2 Å². The first-order chi connectivity index (χ1) is 7.06. The normalized spacial score (nSPS) is 15.0. The van der Waals surface area contributed by atoms with Crippen molar-refractivity contribution in [2.24, 2.45) is 0 Å². The first-order valence-electron chi connectivity index (χ1n) is 4.38. The van der Waals surface area contributed by atoms with E-state index >= 15 is 0 Å². The fourth-order valence-corrected chi connectivity index (χ4v) is 1.42. The second-order valence-electron chi connectivity index (χ2n) is 3.11. The Morgan fingerprint density at radius 1 is 1.47 bits per heavy atom. The van der Waals surface area contributed by atoms with Crippen molar-refractivity contribution in [3.05, 3.63) is 28.0 Å². The van der Waals surface area contributed by atoms with Gasteiger partial charge >= 0.3 is 0 Å². The van der Waals surface area contributed by atoms with Crippen LogP contribution in [-0.4, -0.2) is 34.9 Å². The molecule has 0 amide bonds. The second kappa shape index (κ2) is 5.63. The summed E-state index contributed by atoms with van der Waals surface area (Å²) in [7, 11) is 1.68. The number of halogens is 2. The lowest BCUT2D eigenvalue weighted by Gasteiger charge is -2.17. The van der Waals surface area contributed by atoms with Gasteiger partial charge in [-0.15, -0.1) is 0 Å². The summed E-state index contributed by atoms with van der Waals surface area (Å²) >= 11 is 11.4. The van der Waals surface area contributed by atoms with Crippen LogP contribution in [0.25, 0.3) is 0 Å². The molecule has 0 saturated heterocycles. The third-order valence-electron chi connectivity index (χ3n) is 1.94. The van der Waals surface area contributed by atoms with Gasteiger partial charge in [0.05, 0.1) is 11.1 Å². The number of aromatic nitrogens is 1.